The largest absolute Gasteiger partial charge is 0.265 e. The van der Waals surface area contributed by atoms with Crippen molar-refractivity contribution in [1.82, 2.24) is 9.97 Å². The van der Waals surface area contributed by atoms with E-state index in [0.717, 1.165) is 23.1 Å². The predicted octanol–water partition coefficient (Wildman–Crippen LogP) is 7.88. The normalized spacial score (nSPS) is 15.7. The number of hydrogen-bond acceptors (Lipinski definition) is 2. The van der Waals surface area contributed by atoms with E-state index >= 15 is 0 Å². The molecular weight excluding hydrogens is 508 g/mol. The first-order valence-electron chi connectivity index (χ1n) is 14.5. The summed E-state index contributed by atoms with van der Waals surface area (Å²) < 4.78 is 0. The molecule has 2 heterocycles. The Balaban J connectivity index is 1.27. The molecule has 0 saturated carbocycles. The summed E-state index contributed by atoms with van der Waals surface area (Å²) in [5.74, 6) is 0.318. The van der Waals surface area contributed by atoms with Gasteiger partial charge in [-0.3, -0.25) is 9.97 Å². The van der Waals surface area contributed by atoms with Gasteiger partial charge in [0.2, 0.25) is 0 Å². The third-order valence-electron chi connectivity index (χ3n) is 8.58. The predicted molar refractivity (Wildman–Crippen MR) is 173 cm³/mol. The summed E-state index contributed by atoms with van der Waals surface area (Å²) in [6, 6.07) is 39.8. The van der Waals surface area contributed by atoms with Crippen molar-refractivity contribution < 1.29 is 0 Å². The summed E-state index contributed by atoms with van der Waals surface area (Å²) in [6.45, 7) is 0. The highest BCUT2D eigenvalue weighted by Gasteiger charge is 2.29. The molecule has 6 aromatic rings. The molecule has 0 aliphatic heterocycles. The van der Waals surface area contributed by atoms with Crippen molar-refractivity contribution in [2.45, 2.75) is 6.42 Å². The number of aromatic nitrogens is 2. The fourth-order valence-corrected chi connectivity index (χ4v) is 6.62. The zero-order valence-corrected chi connectivity index (χ0v) is 23.1. The highest BCUT2D eigenvalue weighted by Crippen LogP contribution is 2.41. The standard InChI is InChI=1S/C40H28N2/c1-2-8-28(9-3-1)39-35-10-4-6-12-37(35)40(38-13-7-5-11-36(38)39)32-17-16-29-22-31(15-14-30(29)23-32)34-24-33(25-42-26-34)27-18-20-41-21-19-27/h1-12,14-26,38H,13H2. The van der Waals surface area contributed by atoms with Crippen molar-refractivity contribution in [3.05, 3.63) is 179 Å². The van der Waals surface area contributed by atoms with Crippen LogP contribution in [-0.2, 0) is 0 Å². The van der Waals surface area contributed by atoms with Crippen LogP contribution in [0.3, 0.4) is 0 Å². The smallest absolute Gasteiger partial charge is 0.0346 e. The van der Waals surface area contributed by atoms with E-state index in [2.05, 4.69) is 125 Å². The van der Waals surface area contributed by atoms with Crippen LogP contribution in [0.15, 0.2) is 158 Å². The minimum absolute atomic E-state index is 0.318. The highest BCUT2D eigenvalue weighted by atomic mass is 14.6. The average Bonchev–Trinajstić information content (AvgIpc) is 3.07. The van der Waals surface area contributed by atoms with Crippen LogP contribution < -0.4 is 10.4 Å². The maximum atomic E-state index is 4.54. The minimum atomic E-state index is 0.318. The zero-order chi connectivity index (χ0) is 27.9. The molecule has 1 unspecified atom stereocenters. The molecule has 0 spiro atoms. The van der Waals surface area contributed by atoms with Gasteiger partial charge in [0, 0.05) is 41.8 Å². The van der Waals surface area contributed by atoms with Gasteiger partial charge in [0.05, 0.1) is 0 Å². The molecule has 2 aromatic heterocycles. The molecule has 2 heteroatoms. The molecule has 0 N–H and O–H groups in total. The molecule has 2 aliphatic carbocycles. The lowest BCUT2D eigenvalue weighted by Gasteiger charge is -2.31. The van der Waals surface area contributed by atoms with E-state index in [1.165, 1.54) is 54.6 Å². The fourth-order valence-electron chi connectivity index (χ4n) is 6.62. The van der Waals surface area contributed by atoms with Gasteiger partial charge in [0.15, 0.2) is 0 Å². The number of rotatable bonds is 4. The quantitative estimate of drug-likeness (QED) is 0.229. The topological polar surface area (TPSA) is 25.8 Å². The number of pyridine rings is 2. The highest BCUT2D eigenvalue weighted by molar-refractivity contribution is 5.93. The number of fused-ring (bicyclic) bond motifs is 3. The van der Waals surface area contributed by atoms with Crippen LogP contribution in [0.1, 0.15) is 17.5 Å². The summed E-state index contributed by atoms with van der Waals surface area (Å²) in [4.78, 5) is 8.69. The van der Waals surface area contributed by atoms with Gasteiger partial charge in [-0.2, -0.15) is 0 Å². The third-order valence-corrected chi connectivity index (χ3v) is 8.58. The van der Waals surface area contributed by atoms with Crippen molar-refractivity contribution in [1.29, 1.82) is 0 Å². The summed E-state index contributed by atoms with van der Waals surface area (Å²) in [5, 5.41) is 5.12. The van der Waals surface area contributed by atoms with Crippen molar-refractivity contribution >= 4 is 21.9 Å². The Labute approximate surface area is 245 Å². The van der Waals surface area contributed by atoms with Crippen LogP contribution in [0.2, 0.25) is 0 Å². The summed E-state index contributed by atoms with van der Waals surface area (Å²) in [6.07, 6.45) is 15.4. The van der Waals surface area contributed by atoms with Crippen molar-refractivity contribution in [3.63, 3.8) is 0 Å². The van der Waals surface area contributed by atoms with Crippen molar-refractivity contribution in [3.8, 4) is 22.3 Å². The molecule has 8 rings (SSSR count). The van der Waals surface area contributed by atoms with Crippen molar-refractivity contribution in [2.24, 2.45) is 5.92 Å². The van der Waals surface area contributed by atoms with Gasteiger partial charge in [-0.1, -0.05) is 97.1 Å². The first kappa shape index (κ1) is 24.5. The zero-order valence-electron chi connectivity index (χ0n) is 23.1. The Bertz CT molecular complexity index is 2160. The Hall–Kier alpha value is -5.34. The van der Waals surface area contributed by atoms with E-state index in [1.807, 2.05) is 36.9 Å². The Morgan fingerprint density at radius 1 is 0.524 bits per heavy atom. The van der Waals surface area contributed by atoms with Crippen LogP contribution in [-0.4, -0.2) is 9.97 Å². The lowest BCUT2D eigenvalue weighted by molar-refractivity contribution is 0.798. The first-order chi connectivity index (χ1) is 20.8. The molecule has 0 amide bonds. The van der Waals surface area contributed by atoms with Crippen LogP contribution in [0.25, 0.3) is 44.2 Å². The van der Waals surface area contributed by atoms with Crippen LogP contribution in [0.4, 0.5) is 0 Å². The molecule has 42 heavy (non-hydrogen) atoms. The second kappa shape index (κ2) is 10.2. The van der Waals surface area contributed by atoms with Crippen LogP contribution >= 0.6 is 0 Å². The fraction of sp³-hybridized carbons (Fsp3) is 0.0500. The SMILES string of the molecule is C1=CCC2C(=C1)C(c1ccccc1)=c1ccccc1=C2c1ccc2cc(-c3cncc(-c4ccncc4)c3)ccc2c1. The van der Waals surface area contributed by atoms with E-state index in [0.29, 0.717) is 5.92 Å². The van der Waals surface area contributed by atoms with Gasteiger partial charge in [-0.15, -0.1) is 0 Å². The minimum Gasteiger partial charge on any atom is -0.265 e. The second-order valence-corrected chi connectivity index (χ2v) is 11.0. The molecule has 1 atom stereocenters. The molecule has 2 aliphatic rings. The number of benzene rings is 4. The van der Waals surface area contributed by atoms with E-state index in [1.54, 1.807) is 0 Å². The maximum absolute atomic E-state index is 4.54. The Morgan fingerprint density at radius 2 is 1.21 bits per heavy atom. The maximum Gasteiger partial charge on any atom is 0.0346 e. The third kappa shape index (κ3) is 4.20. The first-order valence-corrected chi connectivity index (χ1v) is 14.5. The summed E-state index contributed by atoms with van der Waals surface area (Å²) in [7, 11) is 0. The lowest BCUT2D eigenvalue weighted by atomic mass is 9.72. The second-order valence-electron chi connectivity index (χ2n) is 11.0. The lowest BCUT2D eigenvalue weighted by Crippen LogP contribution is -2.37. The molecule has 4 aromatic carbocycles. The molecule has 198 valence electrons. The summed E-state index contributed by atoms with van der Waals surface area (Å²) >= 11 is 0. The number of nitrogens with zero attached hydrogens (tertiary/aromatic N) is 2. The molecule has 0 saturated heterocycles. The van der Waals surface area contributed by atoms with Gasteiger partial charge >= 0.3 is 0 Å². The van der Waals surface area contributed by atoms with Gasteiger partial charge in [0.1, 0.15) is 0 Å². The van der Waals surface area contributed by atoms with Crippen molar-refractivity contribution in [2.75, 3.05) is 0 Å². The molecule has 0 bridgehead atoms. The van der Waals surface area contributed by atoms with Gasteiger partial charge in [0.25, 0.3) is 0 Å². The number of allylic oxidation sites excluding steroid dienone is 4. The molecular formula is C40H28N2. The van der Waals surface area contributed by atoms with E-state index in [-0.39, 0.29) is 0 Å². The number of hydrogen-bond donors (Lipinski definition) is 0. The average molecular weight is 537 g/mol. The van der Waals surface area contributed by atoms with Gasteiger partial charge < -0.3 is 0 Å². The Morgan fingerprint density at radius 3 is 2.02 bits per heavy atom. The van der Waals surface area contributed by atoms with E-state index < -0.39 is 0 Å². The monoisotopic (exact) mass is 536 g/mol. The van der Waals surface area contributed by atoms with Crippen LogP contribution in [0, 0.1) is 5.92 Å². The molecule has 0 fully saturated rings. The summed E-state index contributed by atoms with van der Waals surface area (Å²) in [5.41, 5.74) is 11.2. The van der Waals surface area contributed by atoms with Gasteiger partial charge in [-0.25, -0.2) is 0 Å². The van der Waals surface area contributed by atoms with Crippen LogP contribution in [0.5, 0.6) is 0 Å². The Kier molecular flexibility index (Phi) is 5.97. The van der Waals surface area contributed by atoms with E-state index in [9.17, 15) is 0 Å². The van der Waals surface area contributed by atoms with E-state index in [4.69, 9.17) is 0 Å². The van der Waals surface area contributed by atoms with Gasteiger partial charge in [-0.05, 0) is 96.9 Å². The molecule has 0 radical (unpaired) electrons. The molecule has 2 nitrogen and oxygen atoms in total.